The first-order chi connectivity index (χ1) is 13.1. The van der Waals surface area contributed by atoms with Gasteiger partial charge in [-0.3, -0.25) is 4.57 Å². The molecule has 1 aromatic heterocycles. The van der Waals surface area contributed by atoms with Crippen LogP contribution in [0.15, 0.2) is 60.3 Å². The minimum absolute atomic E-state index is 0.288. The largest absolute Gasteiger partial charge is 0.486 e. The molecule has 0 atom stereocenters. The van der Waals surface area contributed by atoms with Gasteiger partial charge >= 0.3 is 0 Å². The Morgan fingerprint density at radius 2 is 1.74 bits per heavy atom. The van der Waals surface area contributed by atoms with Crippen molar-refractivity contribution >= 4 is 46.6 Å². The molecule has 3 aromatic rings. The number of rotatable bonds is 8. The van der Waals surface area contributed by atoms with E-state index in [1.807, 2.05) is 34.9 Å². The van der Waals surface area contributed by atoms with Gasteiger partial charge in [0.2, 0.25) is 0 Å². The fraction of sp³-hybridized carbons (Fsp3) is 0.158. The van der Waals surface area contributed by atoms with Gasteiger partial charge in [0.25, 0.3) is 0 Å². The van der Waals surface area contributed by atoms with Crippen molar-refractivity contribution < 1.29 is 4.74 Å². The van der Waals surface area contributed by atoms with E-state index >= 15 is 0 Å². The summed E-state index contributed by atoms with van der Waals surface area (Å²) in [6.45, 7) is 4.67. The van der Waals surface area contributed by atoms with Crippen molar-refractivity contribution in [3.63, 3.8) is 0 Å². The fourth-order valence-electron chi connectivity index (χ4n) is 2.33. The predicted molar refractivity (Wildman–Crippen MR) is 112 cm³/mol. The highest BCUT2D eigenvalue weighted by molar-refractivity contribution is 7.98. The highest BCUT2D eigenvalue weighted by Gasteiger charge is 2.14. The molecular weight excluding hydrogens is 425 g/mol. The Labute approximate surface area is 177 Å². The molecule has 0 fully saturated rings. The van der Waals surface area contributed by atoms with Gasteiger partial charge in [0.05, 0.1) is 0 Å². The lowest BCUT2D eigenvalue weighted by molar-refractivity contribution is 0.289. The molecule has 0 saturated heterocycles. The lowest BCUT2D eigenvalue weighted by Gasteiger charge is -2.10. The van der Waals surface area contributed by atoms with E-state index in [0.29, 0.717) is 38.9 Å². The molecule has 0 saturated carbocycles. The van der Waals surface area contributed by atoms with Crippen molar-refractivity contribution in [3.8, 4) is 5.75 Å². The monoisotopic (exact) mass is 439 g/mol. The van der Waals surface area contributed by atoms with Crippen molar-refractivity contribution in [3.05, 3.63) is 81.6 Å². The second-order valence-corrected chi connectivity index (χ2v) is 7.72. The Hall–Kier alpha value is -1.66. The molecule has 0 spiro atoms. The second-order valence-electron chi connectivity index (χ2n) is 5.53. The van der Waals surface area contributed by atoms with Crippen LogP contribution in [-0.2, 0) is 18.9 Å². The maximum Gasteiger partial charge on any atom is 0.191 e. The average Bonchev–Trinajstić information content (AvgIpc) is 3.03. The van der Waals surface area contributed by atoms with Gasteiger partial charge in [0, 0.05) is 27.4 Å². The minimum atomic E-state index is 0.288. The van der Waals surface area contributed by atoms with Crippen LogP contribution in [0.2, 0.25) is 15.1 Å². The van der Waals surface area contributed by atoms with Crippen LogP contribution in [0, 0.1) is 0 Å². The number of aromatic nitrogens is 3. The fourth-order valence-corrected chi connectivity index (χ4v) is 4.16. The molecule has 140 valence electrons. The van der Waals surface area contributed by atoms with Gasteiger partial charge in [0.15, 0.2) is 11.0 Å². The zero-order valence-electron chi connectivity index (χ0n) is 14.2. The summed E-state index contributed by atoms with van der Waals surface area (Å²) >= 11 is 19.9. The molecule has 4 nitrogen and oxygen atoms in total. The third-order valence-electron chi connectivity index (χ3n) is 3.69. The van der Waals surface area contributed by atoms with Crippen LogP contribution < -0.4 is 4.74 Å². The standard InChI is InChI=1S/C19H16Cl3N3OS/c1-2-10-25-18(11-26-14-8-6-13(20)7-9-14)23-24-19(25)27-12-15-16(21)4-3-5-17(15)22/h2-9H,1,10-12H2. The first kappa shape index (κ1) is 20.1. The molecule has 1 heterocycles. The number of hydrogen-bond acceptors (Lipinski definition) is 4. The molecule has 27 heavy (non-hydrogen) atoms. The molecule has 0 aliphatic rings. The highest BCUT2D eigenvalue weighted by Crippen LogP contribution is 2.31. The van der Waals surface area contributed by atoms with Gasteiger partial charge in [-0.15, -0.1) is 16.8 Å². The van der Waals surface area contributed by atoms with Crippen molar-refractivity contribution in [2.24, 2.45) is 0 Å². The topological polar surface area (TPSA) is 39.9 Å². The summed E-state index contributed by atoms with van der Waals surface area (Å²) in [6, 6.07) is 12.6. The first-order valence-corrected chi connectivity index (χ1v) is 10.2. The van der Waals surface area contributed by atoms with Gasteiger partial charge in [-0.05, 0) is 42.0 Å². The first-order valence-electron chi connectivity index (χ1n) is 8.05. The Balaban J connectivity index is 1.72. The van der Waals surface area contributed by atoms with E-state index in [1.54, 1.807) is 18.2 Å². The lowest BCUT2D eigenvalue weighted by atomic mass is 10.2. The molecule has 0 radical (unpaired) electrons. The Bertz CT molecular complexity index is 908. The van der Waals surface area contributed by atoms with Crippen molar-refractivity contribution in [1.29, 1.82) is 0 Å². The SMILES string of the molecule is C=CCn1c(COc2ccc(Cl)cc2)nnc1SCc1c(Cl)cccc1Cl. The molecule has 0 amide bonds. The van der Waals surface area contributed by atoms with E-state index in [-0.39, 0.29) is 6.61 Å². The minimum Gasteiger partial charge on any atom is -0.486 e. The number of allylic oxidation sites excluding steroid dienone is 1. The zero-order chi connectivity index (χ0) is 19.2. The van der Waals surface area contributed by atoms with Gasteiger partial charge in [-0.1, -0.05) is 58.7 Å². The Morgan fingerprint density at radius 3 is 2.41 bits per heavy atom. The van der Waals surface area contributed by atoms with Gasteiger partial charge < -0.3 is 4.74 Å². The number of thioether (sulfide) groups is 1. The Kier molecular flexibility index (Phi) is 7.07. The summed E-state index contributed by atoms with van der Waals surface area (Å²) in [5.41, 5.74) is 0.873. The number of halogens is 3. The van der Waals surface area contributed by atoms with E-state index in [1.165, 1.54) is 11.8 Å². The van der Waals surface area contributed by atoms with Crippen LogP contribution in [0.5, 0.6) is 5.75 Å². The summed E-state index contributed by atoms with van der Waals surface area (Å²) in [5, 5.41) is 11.2. The van der Waals surface area contributed by atoms with E-state index in [9.17, 15) is 0 Å². The van der Waals surface area contributed by atoms with Gasteiger partial charge in [-0.25, -0.2) is 0 Å². The molecule has 0 aliphatic carbocycles. The molecule has 0 N–H and O–H groups in total. The van der Waals surface area contributed by atoms with Crippen LogP contribution in [0.1, 0.15) is 11.4 Å². The van der Waals surface area contributed by atoms with Crippen LogP contribution in [0.4, 0.5) is 0 Å². The van der Waals surface area contributed by atoms with Crippen LogP contribution >= 0.6 is 46.6 Å². The average molecular weight is 441 g/mol. The van der Waals surface area contributed by atoms with Gasteiger partial charge in [-0.2, -0.15) is 0 Å². The number of hydrogen-bond donors (Lipinski definition) is 0. The molecule has 0 bridgehead atoms. The van der Waals surface area contributed by atoms with E-state index < -0.39 is 0 Å². The summed E-state index contributed by atoms with van der Waals surface area (Å²) in [6.07, 6.45) is 1.79. The van der Waals surface area contributed by atoms with E-state index in [0.717, 1.165) is 10.7 Å². The summed E-state index contributed by atoms with van der Waals surface area (Å²) in [5.74, 6) is 2.01. The number of ether oxygens (including phenoxy) is 1. The van der Waals surface area contributed by atoms with Gasteiger partial charge in [0.1, 0.15) is 12.4 Å². The molecular formula is C19H16Cl3N3OS. The van der Waals surface area contributed by atoms with Crippen LogP contribution in [0.3, 0.4) is 0 Å². The normalized spacial score (nSPS) is 10.8. The zero-order valence-corrected chi connectivity index (χ0v) is 17.3. The van der Waals surface area contributed by atoms with Crippen molar-refractivity contribution in [1.82, 2.24) is 14.8 Å². The molecule has 2 aromatic carbocycles. The summed E-state index contributed by atoms with van der Waals surface area (Å²) < 4.78 is 7.74. The van der Waals surface area contributed by atoms with E-state index in [2.05, 4.69) is 16.8 Å². The highest BCUT2D eigenvalue weighted by atomic mass is 35.5. The maximum atomic E-state index is 6.24. The number of benzene rings is 2. The van der Waals surface area contributed by atoms with Crippen LogP contribution in [-0.4, -0.2) is 14.8 Å². The van der Waals surface area contributed by atoms with Crippen LogP contribution in [0.25, 0.3) is 0 Å². The second kappa shape index (κ2) is 9.51. The lowest BCUT2D eigenvalue weighted by Crippen LogP contribution is -2.07. The third-order valence-corrected chi connectivity index (χ3v) is 5.65. The predicted octanol–water partition coefficient (Wildman–Crippen LogP) is 6.30. The molecule has 0 unspecified atom stereocenters. The Morgan fingerprint density at radius 1 is 1.04 bits per heavy atom. The smallest absolute Gasteiger partial charge is 0.191 e. The van der Waals surface area contributed by atoms with Crippen molar-refractivity contribution in [2.75, 3.05) is 0 Å². The van der Waals surface area contributed by atoms with Crippen molar-refractivity contribution in [2.45, 2.75) is 24.1 Å². The van der Waals surface area contributed by atoms with E-state index in [4.69, 9.17) is 39.5 Å². The molecule has 0 aliphatic heterocycles. The third kappa shape index (κ3) is 5.20. The number of nitrogens with zero attached hydrogens (tertiary/aromatic N) is 3. The maximum absolute atomic E-state index is 6.24. The molecule has 3 rings (SSSR count). The summed E-state index contributed by atoms with van der Waals surface area (Å²) in [4.78, 5) is 0. The quantitative estimate of drug-likeness (QED) is 0.304. The molecule has 8 heteroatoms. The summed E-state index contributed by atoms with van der Waals surface area (Å²) in [7, 11) is 0.